The van der Waals surface area contributed by atoms with Gasteiger partial charge in [0, 0.05) is 4.88 Å². The van der Waals surface area contributed by atoms with Gasteiger partial charge in [-0.1, -0.05) is 19.3 Å². The summed E-state index contributed by atoms with van der Waals surface area (Å²) in [6, 6.07) is 4.40. The van der Waals surface area contributed by atoms with Gasteiger partial charge in [0.15, 0.2) is 0 Å². The van der Waals surface area contributed by atoms with E-state index in [1.165, 1.54) is 29.7 Å². The van der Waals surface area contributed by atoms with Crippen molar-refractivity contribution in [2.45, 2.75) is 63.3 Å². The molecule has 2 aliphatic rings. The monoisotopic (exact) mass is 288 g/mol. The van der Waals surface area contributed by atoms with E-state index in [0.29, 0.717) is 0 Å². The topological polar surface area (TPSA) is 52.9 Å². The molecule has 0 spiro atoms. The first-order valence-electron chi connectivity index (χ1n) is 7.58. The summed E-state index contributed by atoms with van der Waals surface area (Å²) in [5.74, 6) is -0.0483. The Morgan fingerprint density at radius 3 is 2.65 bits per heavy atom. The van der Waals surface area contributed by atoms with Crippen molar-refractivity contribution in [3.63, 3.8) is 0 Å². The summed E-state index contributed by atoms with van der Waals surface area (Å²) in [7, 11) is 0. The third-order valence-electron chi connectivity index (χ3n) is 4.49. The van der Waals surface area contributed by atoms with Crippen LogP contribution in [0.4, 0.5) is 0 Å². The number of amides is 1. The SMILES string of the molecule is N#CC1(NC(=O)c2cc3c(s2)CCCC3)CCCCC1. The number of carbonyl (C=O) groups excluding carboxylic acids is 1. The van der Waals surface area contributed by atoms with Gasteiger partial charge in [0.05, 0.1) is 10.9 Å². The number of hydrogen-bond donors (Lipinski definition) is 1. The quantitative estimate of drug-likeness (QED) is 0.904. The van der Waals surface area contributed by atoms with Crippen molar-refractivity contribution < 1.29 is 4.79 Å². The standard InChI is InChI=1S/C16H20N2OS/c17-11-16(8-4-1-5-9-16)18-15(19)14-10-12-6-2-3-7-13(12)20-14/h10H,1-9H2,(H,18,19). The summed E-state index contributed by atoms with van der Waals surface area (Å²) in [5, 5.41) is 12.5. The molecule has 1 aromatic heterocycles. The highest BCUT2D eigenvalue weighted by atomic mass is 32.1. The Labute approximate surface area is 124 Å². The van der Waals surface area contributed by atoms with E-state index in [0.717, 1.165) is 43.4 Å². The minimum Gasteiger partial charge on any atom is -0.333 e. The predicted octanol–water partition coefficient (Wildman–Crippen LogP) is 3.58. The lowest BCUT2D eigenvalue weighted by Crippen LogP contribution is -2.48. The van der Waals surface area contributed by atoms with Crippen LogP contribution in [-0.2, 0) is 12.8 Å². The molecular formula is C16H20N2OS. The molecule has 0 saturated heterocycles. The van der Waals surface area contributed by atoms with Gasteiger partial charge < -0.3 is 5.32 Å². The van der Waals surface area contributed by atoms with Crippen LogP contribution in [0.3, 0.4) is 0 Å². The molecule has 0 unspecified atom stereocenters. The van der Waals surface area contributed by atoms with Crippen LogP contribution >= 0.6 is 11.3 Å². The number of nitrogens with one attached hydrogen (secondary N) is 1. The van der Waals surface area contributed by atoms with Crippen molar-refractivity contribution in [2.75, 3.05) is 0 Å². The molecule has 3 nitrogen and oxygen atoms in total. The summed E-state index contributed by atoms with van der Waals surface area (Å²) >= 11 is 1.62. The van der Waals surface area contributed by atoms with Crippen molar-refractivity contribution in [3.8, 4) is 6.07 Å². The van der Waals surface area contributed by atoms with Crippen molar-refractivity contribution in [3.05, 3.63) is 21.4 Å². The fourth-order valence-corrected chi connectivity index (χ4v) is 4.45. The van der Waals surface area contributed by atoms with Gasteiger partial charge in [-0.2, -0.15) is 5.26 Å². The van der Waals surface area contributed by atoms with Gasteiger partial charge in [-0.3, -0.25) is 4.79 Å². The summed E-state index contributed by atoms with van der Waals surface area (Å²) in [6.07, 6.45) is 9.50. The maximum atomic E-state index is 12.4. The van der Waals surface area contributed by atoms with E-state index in [9.17, 15) is 10.1 Å². The summed E-state index contributed by atoms with van der Waals surface area (Å²) in [4.78, 5) is 14.6. The molecule has 0 atom stereocenters. The lowest BCUT2D eigenvalue weighted by Gasteiger charge is -2.31. The highest BCUT2D eigenvalue weighted by molar-refractivity contribution is 7.14. The Morgan fingerprint density at radius 2 is 1.95 bits per heavy atom. The number of fused-ring (bicyclic) bond motifs is 1. The van der Waals surface area contributed by atoms with Crippen LogP contribution in [-0.4, -0.2) is 11.4 Å². The Kier molecular flexibility index (Phi) is 3.80. The highest BCUT2D eigenvalue weighted by Gasteiger charge is 2.34. The number of nitrogens with zero attached hydrogens (tertiary/aromatic N) is 1. The van der Waals surface area contributed by atoms with Gasteiger partial charge in [-0.15, -0.1) is 11.3 Å². The van der Waals surface area contributed by atoms with Crippen molar-refractivity contribution >= 4 is 17.2 Å². The zero-order chi connectivity index (χ0) is 14.0. The second kappa shape index (κ2) is 5.57. The van der Waals surface area contributed by atoms with E-state index in [1.807, 2.05) is 6.07 Å². The number of hydrogen-bond acceptors (Lipinski definition) is 3. The van der Waals surface area contributed by atoms with Gasteiger partial charge in [0.1, 0.15) is 5.54 Å². The molecular weight excluding hydrogens is 268 g/mol. The Morgan fingerprint density at radius 1 is 1.20 bits per heavy atom. The first kappa shape index (κ1) is 13.6. The van der Waals surface area contributed by atoms with E-state index in [4.69, 9.17) is 0 Å². The van der Waals surface area contributed by atoms with Gasteiger partial charge in [-0.25, -0.2) is 0 Å². The smallest absolute Gasteiger partial charge is 0.262 e. The summed E-state index contributed by atoms with van der Waals surface area (Å²) in [6.45, 7) is 0. The molecule has 20 heavy (non-hydrogen) atoms. The largest absolute Gasteiger partial charge is 0.333 e. The van der Waals surface area contributed by atoms with Crippen molar-refractivity contribution in [1.82, 2.24) is 5.32 Å². The van der Waals surface area contributed by atoms with Crippen LogP contribution in [0.15, 0.2) is 6.07 Å². The van der Waals surface area contributed by atoms with Gasteiger partial charge >= 0.3 is 0 Å². The zero-order valence-electron chi connectivity index (χ0n) is 11.7. The van der Waals surface area contributed by atoms with Crippen LogP contribution in [0.1, 0.15) is 65.1 Å². The highest BCUT2D eigenvalue weighted by Crippen LogP contribution is 2.31. The van der Waals surface area contributed by atoms with E-state index in [2.05, 4.69) is 11.4 Å². The fraction of sp³-hybridized carbons (Fsp3) is 0.625. The predicted molar refractivity (Wildman–Crippen MR) is 79.9 cm³/mol. The second-order valence-electron chi connectivity index (χ2n) is 5.97. The third-order valence-corrected chi connectivity index (χ3v) is 5.73. The normalized spacial score (nSPS) is 20.8. The number of nitriles is 1. The lowest BCUT2D eigenvalue weighted by molar-refractivity contribution is 0.0907. The average Bonchev–Trinajstić information content (AvgIpc) is 2.92. The van der Waals surface area contributed by atoms with E-state index >= 15 is 0 Å². The lowest BCUT2D eigenvalue weighted by atomic mass is 9.83. The third kappa shape index (κ3) is 2.60. The van der Waals surface area contributed by atoms with Crippen LogP contribution in [0, 0.1) is 11.3 Å². The Balaban J connectivity index is 1.75. The van der Waals surface area contributed by atoms with E-state index in [1.54, 1.807) is 11.3 Å². The molecule has 1 N–H and O–H groups in total. The van der Waals surface area contributed by atoms with Gasteiger partial charge in [0.2, 0.25) is 0 Å². The van der Waals surface area contributed by atoms with E-state index < -0.39 is 5.54 Å². The Hall–Kier alpha value is -1.34. The molecule has 106 valence electrons. The molecule has 1 saturated carbocycles. The van der Waals surface area contributed by atoms with Gasteiger partial charge in [0.25, 0.3) is 5.91 Å². The summed E-state index contributed by atoms with van der Waals surface area (Å²) < 4.78 is 0. The molecule has 1 fully saturated rings. The van der Waals surface area contributed by atoms with Crippen molar-refractivity contribution in [2.24, 2.45) is 0 Å². The molecule has 1 amide bonds. The van der Waals surface area contributed by atoms with E-state index in [-0.39, 0.29) is 5.91 Å². The molecule has 4 heteroatoms. The average molecular weight is 288 g/mol. The second-order valence-corrected chi connectivity index (χ2v) is 7.11. The minimum absolute atomic E-state index is 0.0483. The molecule has 1 heterocycles. The number of thiophene rings is 1. The number of rotatable bonds is 2. The minimum atomic E-state index is -0.625. The first-order chi connectivity index (χ1) is 9.72. The zero-order valence-corrected chi connectivity index (χ0v) is 12.5. The molecule has 1 aromatic rings. The molecule has 0 bridgehead atoms. The maximum Gasteiger partial charge on any atom is 0.262 e. The molecule has 0 aliphatic heterocycles. The molecule has 0 radical (unpaired) electrons. The fourth-order valence-electron chi connectivity index (χ4n) is 3.30. The molecule has 2 aliphatic carbocycles. The number of aryl methyl sites for hydroxylation is 2. The van der Waals surface area contributed by atoms with Crippen LogP contribution < -0.4 is 5.32 Å². The van der Waals surface area contributed by atoms with Crippen LogP contribution in [0.25, 0.3) is 0 Å². The van der Waals surface area contributed by atoms with Crippen LogP contribution in [0.2, 0.25) is 0 Å². The summed E-state index contributed by atoms with van der Waals surface area (Å²) in [5.41, 5.74) is 0.723. The maximum absolute atomic E-state index is 12.4. The Bertz CT molecular complexity index is 526. The van der Waals surface area contributed by atoms with Crippen molar-refractivity contribution in [1.29, 1.82) is 5.26 Å². The van der Waals surface area contributed by atoms with Crippen LogP contribution in [0.5, 0.6) is 0 Å². The molecule has 3 rings (SSSR count). The van der Waals surface area contributed by atoms with Gasteiger partial charge in [-0.05, 0) is 50.2 Å². The molecule has 0 aromatic carbocycles. The first-order valence-corrected chi connectivity index (χ1v) is 8.39. The number of carbonyl (C=O) groups is 1.